The molecule has 3 rings (SSSR count). The quantitative estimate of drug-likeness (QED) is 0.589. The van der Waals surface area contributed by atoms with E-state index in [1.807, 2.05) is 0 Å². The zero-order valence-electron chi connectivity index (χ0n) is 8.33. The molecule has 0 unspecified atom stereocenters. The Balaban J connectivity index is 1.82. The molecule has 3 aliphatic rings. The van der Waals surface area contributed by atoms with E-state index < -0.39 is 0 Å². The lowest BCUT2D eigenvalue weighted by molar-refractivity contribution is -0.190. The van der Waals surface area contributed by atoms with Gasteiger partial charge in [0.1, 0.15) is 5.78 Å². The highest BCUT2D eigenvalue weighted by Gasteiger charge is 2.53. The third kappa shape index (κ3) is 1.15. The number of ether oxygens (including phenoxy) is 2. The molecule has 0 amide bonds. The highest BCUT2D eigenvalue weighted by Crippen LogP contribution is 2.51. The molecule has 3 fully saturated rings. The predicted molar refractivity (Wildman–Crippen MR) is 49.7 cm³/mol. The second-order valence-corrected chi connectivity index (χ2v) is 4.70. The van der Waals surface area contributed by atoms with Crippen molar-refractivity contribution in [3.05, 3.63) is 0 Å². The van der Waals surface area contributed by atoms with Gasteiger partial charge in [0.2, 0.25) is 0 Å². The van der Waals surface area contributed by atoms with Gasteiger partial charge in [0.05, 0.1) is 13.2 Å². The first kappa shape index (κ1) is 8.86. The standard InChI is InChI=1S/C11H16O3/c12-9-1-2-10-8(7-9)3-4-11(10)13-5-6-14-11/h8,10H,1-7H2/t8-,10-/m1/s1. The van der Waals surface area contributed by atoms with Crippen molar-refractivity contribution in [2.45, 2.75) is 37.9 Å². The second-order valence-electron chi connectivity index (χ2n) is 4.70. The fraction of sp³-hybridized carbons (Fsp3) is 0.909. The van der Waals surface area contributed by atoms with Gasteiger partial charge in [-0.25, -0.2) is 0 Å². The maximum atomic E-state index is 11.3. The van der Waals surface area contributed by atoms with E-state index >= 15 is 0 Å². The Hall–Kier alpha value is -0.410. The van der Waals surface area contributed by atoms with E-state index in [0.29, 0.717) is 17.6 Å². The third-order valence-corrected chi connectivity index (χ3v) is 4.00. The summed E-state index contributed by atoms with van der Waals surface area (Å²) in [5.41, 5.74) is 0. The van der Waals surface area contributed by atoms with Crippen LogP contribution >= 0.6 is 0 Å². The van der Waals surface area contributed by atoms with Crippen molar-refractivity contribution in [2.75, 3.05) is 13.2 Å². The summed E-state index contributed by atoms with van der Waals surface area (Å²) in [7, 11) is 0. The predicted octanol–water partition coefficient (Wildman–Crippen LogP) is 1.51. The minimum atomic E-state index is -0.286. The molecule has 0 aromatic rings. The summed E-state index contributed by atoms with van der Waals surface area (Å²) in [6, 6.07) is 0. The summed E-state index contributed by atoms with van der Waals surface area (Å²) in [5, 5.41) is 0. The van der Waals surface area contributed by atoms with Crippen molar-refractivity contribution < 1.29 is 14.3 Å². The molecule has 1 saturated heterocycles. The highest BCUT2D eigenvalue weighted by molar-refractivity contribution is 5.79. The summed E-state index contributed by atoms with van der Waals surface area (Å²) >= 11 is 0. The Kier molecular flexibility index (Phi) is 1.92. The van der Waals surface area contributed by atoms with Crippen LogP contribution in [0.25, 0.3) is 0 Å². The van der Waals surface area contributed by atoms with Crippen LogP contribution in [0.4, 0.5) is 0 Å². The molecule has 2 atom stereocenters. The molecule has 3 nitrogen and oxygen atoms in total. The number of Topliss-reactive ketones (excluding diaryl/α,β-unsaturated/α-hetero) is 1. The minimum absolute atomic E-state index is 0.286. The normalized spacial score (nSPS) is 40.4. The molecule has 2 saturated carbocycles. The molecule has 14 heavy (non-hydrogen) atoms. The largest absolute Gasteiger partial charge is 0.347 e. The third-order valence-electron chi connectivity index (χ3n) is 4.00. The average Bonchev–Trinajstić information content (AvgIpc) is 2.77. The van der Waals surface area contributed by atoms with Gasteiger partial charge in [0, 0.05) is 25.2 Å². The summed E-state index contributed by atoms with van der Waals surface area (Å²) in [6.07, 6.45) is 4.57. The van der Waals surface area contributed by atoms with Gasteiger partial charge in [-0.1, -0.05) is 0 Å². The summed E-state index contributed by atoms with van der Waals surface area (Å²) in [4.78, 5) is 11.3. The maximum Gasteiger partial charge on any atom is 0.171 e. The molecule has 1 aliphatic heterocycles. The van der Waals surface area contributed by atoms with E-state index in [9.17, 15) is 4.79 Å². The molecule has 2 aliphatic carbocycles. The maximum absolute atomic E-state index is 11.3. The first-order chi connectivity index (χ1) is 6.80. The van der Waals surface area contributed by atoms with Crippen LogP contribution in [0.15, 0.2) is 0 Å². The summed E-state index contributed by atoms with van der Waals surface area (Å²) < 4.78 is 11.5. The number of rotatable bonds is 0. The zero-order chi connectivity index (χ0) is 9.60. The average molecular weight is 196 g/mol. The van der Waals surface area contributed by atoms with Crippen molar-refractivity contribution >= 4 is 5.78 Å². The van der Waals surface area contributed by atoms with Crippen LogP contribution in [0.5, 0.6) is 0 Å². The van der Waals surface area contributed by atoms with E-state index in [2.05, 4.69) is 0 Å². The van der Waals surface area contributed by atoms with E-state index in [4.69, 9.17) is 9.47 Å². The molecule has 0 aromatic heterocycles. The van der Waals surface area contributed by atoms with Crippen molar-refractivity contribution in [2.24, 2.45) is 11.8 Å². The van der Waals surface area contributed by atoms with Crippen LogP contribution in [0.3, 0.4) is 0 Å². The van der Waals surface area contributed by atoms with Gasteiger partial charge in [-0.3, -0.25) is 4.79 Å². The Morgan fingerprint density at radius 3 is 2.79 bits per heavy atom. The SMILES string of the molecule is O=C1CC[C@@H]2[C@H](CCC23OCCO3)C1. The Morgan fingerprint density at radius 2 is 2.00 bits per heavy atom. The zero-order valence-corrected chi connectivity index (χ0v) is 8.33. The van der Waals surface area contributed by atoms with E-state index in [-0.39, 0.29) is 5.79 Å². The Labute approximate surface area is 83.8 Å². The Morgan fingerprint density at radius 1 is 1.21 bits per heavy atom. The van der Waals surface area contributed by atoms with Crippen LogP contribution in [-0.2, 0) is 14.3 Å². The van der Waals surface area contributed by atoms with Gasteiger partial charge in [0.25, 0.3) is 0 Å². The highest BCUT2D eigenvalue weighted by atomic mass is 16.7. The van der Waals surface area contributed by atoms with Crippen LogP contribution in [0.1, 0.15) is 32.1 Å². The van der Waals surface area contributed by atoms with Gasteiger partial charge in [-0.05, 0) is 18.8 Å². The first-order valence-corrected chi connectivity index (χ1v) is 5.60. The Bertz CT molecular complexity index is 255. The number of carbonyl (C=O) groups excluding carboxylic acids is 1. The van der Waals surface area contributed by atoms with Crippen molar-refractivity contribution in [3.63, 3.8) is 0 Å². The van der Waals surface area contributed by atoms with Crippen LogP contribution < -0.4 is 0 Å². The van der Waals surface area contributed by atoms with Crippen LogP contribution in [0.2, 0.25) is 0 Å². The molecule has 0 bridgehead atoms. The lowest BCUT2D eigenvalue weighted by Crippen LogP contribution is -2.39. The first-order valence-electron chi connectivity index (χ1n) is 5.60. The van der Waals surface area contributed by atoms with Crippen molar-refractivity contribution in [1.82, 2.24) is 0 Å². The molecule has 78 valence electrons. The van der Waals surface area contributed by atoms with Crippen LogP contribution in [0, 0.1) is 11.8 Å². The molecular weight excluding hydrogens is 180 g/mol. The lowest BCUT2D eigenvalue weighted by Gasteiger charge is -2.34. The topological polar surface area (TPSA) is 35.5 Å². The molecule has 0 N–H and O–H groups in total. The molecule has 3 heteroatoms. The smallest absolute Gasteiger partial charge is 0.171 e. The number of hydrogen-bond acceptors (Lipinski definition) is 3. The molecule has 1 heterocycles. The van der Waals surface area contributed by atoms with Gasteiger partial charge in [0.15, 0.2) is 5.79 Å². The van der Waals surface area contributed by atoms with Gasteiger partial charge in [-0.2, -0.15) is 0 Å². The number of fused-ring (bicyclic) bond motifs is 2. The summed E-state index contributed by atoms with van der Waals surface area (Å²) in [5.74, 6) is 1.17. The molecule has 0 radical (unpaired) electrons. The fourth-order valence-corrected chi connectivity index (χ4v) is 3.37. The van der Waals surface area contributed by atoms with Crippen LogP contribution in [-0.4, -0.2) is 24.8 Å². The van der Waals surface area contributed by atoms with Gasteiger partial charge < -0.3 is 9.47 Å². The molecule has 1 spiro atoms. The minimum Gasteiger partial charge on any atom is -0.347 e. The number of ketones is 1. The molecule has 0 aromatic carbocycles. The van der Waals surface area contributed by atoms with E-state index in [0.717, 1.165) is 45.3 Å². The van der Waals surface area contributed by atoms with Gasteiger partial charge in [-0.15, -0.1) is 0 Å². The van der Waals surface area contributed by atoms with E-state index in [1.54, 1.807) is 0 Å². The van der Waals surface area contributed by atoms with E-state index in [1.165, 1.54) is 0 Å². The lowest BCUT2D eigenvalue weighted by atomic mass is 9.79. The number of hydrogen-bond donors (Lipinski definition) is 0. The van der Waals surface area contributed by atoms with Gasteiger partial charge >= 0.3 is 0 Å². The van der Waals surface area contributed by atoms with Crippen molar-refractivity contribution in [1.29, 1.82) is 0 Å². The fourth-order valence-electron chi connectivity index (χ4n) is 3.37. The monoisotopic (exact) mass is 196 g/mol. The van der Waals surface area contributed by atoms with Crippen molar-refractivity contribution in [3.8, 4) is 0 Å². The summed E-state index contributed by atoms with van der Waals surface area (Å²) in [6.45, 7) is 1.47. The molecular formula is C11H16O3. The second kappa shape index (κ2) is 3.04. The number of carbonyl (C=O) groups is 1.